The second kappa shape index (κ2) is 6.49. The molecule has 0 spiro atoms. The van der Waals surface area contributed by atoms with Crippen molar-refractivity contribution in [2.75, 3.05) is 7.11 Å². The molecule has 4 nitrogen and oxygen atoms in total. The van der Waals surface area contributed by atoms with E-state index in [2.05, 4.69) is 32.6 Å². The first-order chi connectivity index (χ1) is 9.10. The van der Waals surface area contributed by atoms with E-state index in [1.54, 1.807) is 13.2 Å². The molecular formula is C13H13ClIN3O. The number of aromatic nitrogens is 2. The number of methoxy groups -OCH3 is 1. The quantitative estimate of drug-likeness (QED) is 0.817. The van der Waals surface area contributed by atoms with Crippen molar-refractivity contribution in [1.29, 1.82) is 0 Å². The van der Waals surface area contributed by atoms with Crippen LogP contribution in [0.25, 0.3) is 0 Å². The van der Waals surface area contributed by atoms with Crippen molar-refractivity contribution in [2.45, 2.75) is 12.5 Å². The van der Waals surface area contributed by atoms with Gasteiger partial charge in [-0.25, -0.2) is 9.97 Å². The Hall–Kier alpha value is -0.920. The van der Waals surface area contributed by atoms with Gasteiger partial charge >= 0.3 is 0 Å². The molecule has 1 aromatic carbocycles. The molecule has 1 unspecified atom stereocenters. The fourth-order valence-corrected chi connectivity index (χ4v) is 2.21. The fraction of sp³-hybridized carbons (Fsp3) is 0.231. The Balaban J connectivity index is 2.15. The molecule has 0 radical (unpaired) electrons. The van der Waals surface area contributed by atoms with Gasteiger partial charge in [-0.15, -0.1) is 0 Å². The largest absolute Gasteiger partial charge is 0.481 e. The van der Waals surface area contributed by atoms with Crippen molar-refractivity contribution in [3.63, 3.8) is 0 Å². The highest BCUT2D eigenvalue weighted by atomic mass is 127. The minimum Gasteiger partial charge on any atom is -0.481 e. The number of nitrogens with zero attached hydrogens (tertiary/aromatic N) is 2. The van der Waals surface area contributed by atoms with Crippen LogP contribution in [0, 0.1) is 3.57 Å². The van der Waals surface area contributed by atoms with Crippen molar-refractivity contribution in [3.05, 3.63) is 50.4 Å². The Morgan fingerprint density at radius 3 is 2.84 bits per heavy atom. The van der Waals surface area contributed by atoms with Crippen LogP contribution in [0.2, 0.25) is 5.02 Å². The summed E-state index contributed by atoms with van der Waals surface area (Å²) < 4.78 is 6.08. The number of hydrogen-bond donors (Lipinski definition) is 1. The number of halogens is 2. The first-order valence-electron chi connectivity index (χ1n) is 5.65. The van der Waals surface area contributed by atoms with Gasteiger partial charge in [0.15, 0.2) is 0 Å². The van der Waals surface area contributed by atoms with E-state index in [9.17, 15) is 0 Å². The van der Waals surface area contributed by atoms with Gasteiger partial charge in [0.25, 0.3) is 0 Å². The summed E-state index contributed by atoms with van der Waals surface area (Å²) in [6, 6.07) is 7.46. The molecule has 1 heterocycles. The first kappa shape index (κ1) is 14.5. The van der Waals surface area contributed by atoms with Gasteiger partial charge in [0, 0.05) is 27.8 Å². The van der Waals surface area contributed by atoms with Crippen LogP contribution in [-0.2, 0) is 6.42 Å². The van der Waals surface area contributed by atoms with Crippen molar-refractivity contribution < 1.29 is 4.74 Å². The van der Waals surface area contributed by atoms with Crippen molar-refractivity contribution in [3.8, 4) is 5.88 Å². The third kappa shape index (κ3) is 3.77. The number of rotatable bonds is 4. The van der Waals surface area contributed by atoms with Crippen LogP contribution in [0.15, 0.2) is 30.6 Å². The molecule has 0 aliphatic rings. The number of hydrogen-bond acceptors (Lipinski definition) is 4. The molecule has 100 valence electrons. The topological polar surface area (TPSA) is 61.0 Å². The van der Waals surface area contributed by atoms with Crippen LogP contribution in [0.4, 0.5) is 0 Å². The summed E-state index contributed by atoms with van der Waals surface area (Å²) in [5.74, 6) is 0.540. The molecule has 0 aliphatic heterocycles. The SMILES string of the molecule is COc1cc(CC(N)c2ccc(I)c(Cl)c2)ncn1. The van der Waals surface area contributed by atoms with Gasteiger partial charge in [-0.2, -0.15) is 0 Å². The molecule has 1 aromatic heterocycles. The molecule has 0 aliphatic carbocycles. The van der Waals surface area contributed by atoms with Gasteiger partial charge in [0.2, 0.25) is 5.88 Å². The molecule has 0 saturated carbocycles. The highest BCUT2D eigenvalue weighted by molar-refractivity contribution is 14.1. The molecule has 6 heteroatoms. The minimum absolute atomic E-state index is 0.158. The maximum absolute atomic E-state index is 6.18. The normalized spacial score (nSPS) is 12.2. The molecular weight excluding hydrogens is 377 g/mol. The third-order valence-electron chi connectivity index (χ3n) is 2.71. The van der Waals surface area contributed by atoms with E-state index >= 15 is 0 Å². The Bertz CT molecular complexity index is 580. The molecule has 2 rings (SSSR count). The number of nitrogens with two attached hydrogens (primary N) is 1. The zero-order chi connectivity index (χ0) is 13.8. The average molecular weight is 390 g/mol. The second-order valence-electron chi connectivity index (χ2n) is 4.04. The molecule has 2 N–H and O–H groups in total. The second-order valence-corrected chi connectivity index (χ2v) is 5.61. The maximum atomic E-state index is 6.18. The average Bonchev–Trinajstić information content (AvgIpc) is 2.42. The summed E-state index contributed by atoms with van der Waals surface area (Å²) in [4.78, 5) is 8.15. The zero-order valence-electron chi connectivity index (χ0n) is 10.3. The molecule has 2 aromatic rings. The lowest BCUT2D eigenvalue weighted by atomic mass is 10.0. The summed E-state index contributed by atoms with van der Waals surface area (Å²) in [5, 5.41) is 0.716. The third-order valence-corrected chi connectivity index (χ3v) is 4.28. The van der Waals surface area contributed by atoms with E-state index in [0.29, 0.717) is 17.3 Å². The standard InChI is InChI=1S/C13H13ClIN3O/c1-19-13-6-9(17-7-18-13)5-12(16)8-2-3-11(15)10(14)4-8/h2-4,6-7,12H,5,16H2,1H3. The number of ether oxygens (including phenoxy) is 1. The Morgan fingerprint density at radius 1 is 1.37 bits per heavy atom. The fourth-order valence-electron chi connectivity index (χ4n) is 1.69. The highest BCUT2D eigenvalue weighted by Crippen LogP contribution is 2.24. The predicted octanol–water partition coefficient (Wildman–Crippen LogP) is 2.99. The van der Waals surface area contributed by atoms with Crippen molar-refractivity contribution >= 4 is 34.2 Å². The van der Waals surface area contributed by atoms with E-state index in [-0.39, 0.29) is 6.04 Å². The number of benzene rings is 1. The van der Waals surface area contributed by atoms with E-state index in [1.807, 2.05) is 18.2 Å². The Labute approximate surface area is 130 Å². The van der Waals surface area contributed by atoms with Crippen LogP contribution < -0.4 is 10.5 Å². The van der Waals surface area contributed by atoms with E-state index < -0.39 is 0 Å². The lowest BCUT2D eigenvalue weighted by Crippen LogP contribution is -2.14. The van der Waals surface area contributed by atoms with E-state index in [1.165, 1.54) is 6.33 Å². The van der Waals surface area contributed by atoms with Gasteiger partial charge in [0.1, 0.15) is 6.33 Å². The molecule has 0 bridgehead atoms. The lowest BCUT2D eigenvalue weighted by Gasteiger charge is -2.12. The van der Waals surface area contributed by atoms with Gasteiger partial charge in [-0.05, 0) is 40.3 Å². The van der Waals surface area contributed by atoms with E-state index in [4.69, 9.17) is 22.1 Å². The van der Waals surface area contributed by atoms with Crippen LogP contribution in [0.3, 0.4) is 0 Å². The first-order valence-corrected chi connectivity index (χ1v) is 7.11. The Morgan fingerprint density at radius 2 is 2.16 bits per heavy atom. The molecule has 19 heavy (non-hydrogen) atoms. The smallest absolute Gasteiger partial charge is 0.216 e. The minimum atomic E-state index is -0.158. The highest BCUT2D eigenvalue weighted by Gasteiger charge is 2.10. The van der Waals surface area contributed by atoms with E-state index in [0.717, 1.165) is 14.8 Å². The predicted molar refractivity (Wildman–Crippen MR) is 83.4 cm³/mol. The van der Waals surface area contributed by atoms with Crippen LogP contribution in [0.5, 0.6) is 5.88 Å². The maximum Gasteiger partial charge on any atom is 0.216 e. The zero-order valence-corrected chi connectivity index (χ0v) is 13.2. The summed E-state index contributed by atoms with van der Waals surface area (Å²) in [6.45, 7) is 0. The van der Waals surface area contributed by atoms with Crippen LogP contribution in [-0.4, -0.2) is 17.1 Å². The monoisotopic (exact) mass is 389 g/mol. The lowest BCUT2D eigenvalue weighted by molar-refractivity contribution is 0.395. The molecule has 0 fully saturated rings. The summed E-state index contributed by atoms with van der Waals surface area (Å²) >= 11 is 8.29. The summed E-state index contributed by atoms with van der Waals surface area (Å²) in [7, 11) is 1.57. The summed E-state index contributed by atoms with van der Waals surface area (Å²) in [6.07, 6.45) is 2.08. The molecule has 0 amide bonds. The molecule has 1 atom stereocenters. The van der Waals surface area contributed by atoms with Crippen molar-refractivity contribution in [2.24, 2.45) is 5.73 Å². The van der Waals surface area contributed by atoms with Gasteiger partial charge in [-0.1, -0.05) is 17.7 Å². The Kier molecular flexibility index (Phi) is 4.95. The summed E-state index contributed by atoms with van der Waals surface area (Å²) in [5.41, 5.74) is 8.01. The van der Waals surface area contributed by atoms with Gasteiger partial charge in [-0.3, -0.25) is 0 Å². The van der Waals surface area contributed by atoms with Gasteiger partial charge in [0.05, 0.1) is 12.1 Å². The van der Waals surface area contributed by atoms with Gasteiger partial charge < -0.3 is 10.5 Å². The van der Waals surface area contributed by atoms with Crippen LogP contribution >= 0.6 is 34.2 Å². The van der Waals surface area contributed by atoms with Crippen LogP contribution in [0.1, 0.15) is 17.3 Å². The van der Waals surface area contributed by atoms with Crippen molar-refractivity contribution in [1.82, 2.24) is 9.97 Å². The molecule has 0 saturated heterocycles.